The molecule has 1 amide bonds. The maximum Gasteiger partial charge on any atom is 0.274 e. The molecule has 0 aromatic carbocycles. The minimum Gasteiger partial charge on any atom is -0.325 e. The van der Waals surface area contributed by atoms with Gasteiger partial charge in [0.15, 0.2) is 5.82 Å². The quantitative estimate of drug-likeness (QED) is 0.851. The van der Waals surface area contributed by atoms with Gasteiger partial charge in [-0.3, -0.25) is 9.78 Å². The molecule has 1 aliphatic heterocycles. The number of hydrogen-bond donors (Lipinski definition) is 0. The minimum atomic E-state index is -0.500. The number of carbonyl (C=O) groups is 1. The van der Waals surface area contributed by atoms with Gasteiger partial charge in [0, 0.05) is 24.1 Å². The molecule has 0 bridgehead atoms. The standard InChI is InChI=1S/C17H21N5O/c1-11-8-12(2)21-16(20-11)17(4)6-5-7-22(17)15(23)14-10-18-13(3)9-19-14/h8-10H,5-7H2,1-4H3/t17-/m0/s1. The average molecular weight is 311 g/mol. The first-order valence-electron chi connectivity index (χ1n) is 7.83. The molecule has 120 valence electrons. The van der Waals surface area contributed by atoms with Gasteiger partial charge in [-0.15, -0.1) is 0 Å². The van der Waals surface area contributed by atoms with E-state index in [1.807, 2.05) is 38.7 Å². The molecule has 2 aromatic rings. The van der Waals surface area contributed by atoms with Gasteiger partial charge < -0.3 is 4.90 Å². The lowest BCUT2D eigenvalue weighted by molar-refractivity contribution is 0.0596. The second-order valence-electron chi connectivity index (χ2n) is 6.35. The van der Waals surface area contributed by atoms with Gasteiger partial charge in [0.05, 0.1) is 11.9 Å². The zero-order valence-corrected chi connectivity index (χ0v) is 14.0. The zero-order chi connectivity index (χ0) is 16.6. The molecule has 0 unspecified atom stereocenters. The van der Waals surface area contributed by atoms with Crippen LogP contribution in [0.4, 0.5) is 0 Å². The Bertz CT molecular complexity index is 723. The van der Waals surface area contributed by atoms with Crippen LogP contribution in [0.15, 0.2) is 18.5 Å². The van der Waals surface area contributed by atoms with Crippen LogP contribution in [0.3, 0.4) is 0 Å². The third-order valence-electron chi connectivity index (χ3n) is 4.35. The first-order valence-corrected chi connectivity index (χ1v) is 7.83. The Morgan fingerprint density at radius 1 is 1.09 bits per heavy atom. The SMILES string of the molecule is Cc1cnc(C(=O)N2CCC[C@@]2(C)c2nc(C)cc(C)n2)cn1. The monoisotopic (exact) mass is 311 g/mol. The van der Waals surface area contributed by atoms with Gasteiger partial charge in [0.25, 0.3) is 5.91 Å². The van der Waals surface area contributed by atoms with E-state index in [0.29, 0.717) is 18.1 Å². The highest BCUT2D eigenvalue weighted by molar-refractivity contribution is 5.92. The molecule has 23 heavy (non-hydrogen) atoms. The second kappa shape index (κ2) is 5.68. The van der Waals surface area contributed by atoms with Crippen LogP contribution in [0.25, 0.3) is 0 Å². The van der Waals surface area contributed by atoms with Crippen molar-refractivity contribution in [1.82, 2.24) is 24.8 Å². The summed E-state index contributed by atoms with van der Waals surface area (Å²) in [5, 5.41) is 0. The molecular weight excluding hydrogens is 290 g/mol. The lowest BCUT2D eigenvalue weighted by atomic mass is 9.97. The highest BCUT2D eigenvalue weighted by Crippen LogP contribution is 2.37. The molecule has 1 saturated heterocycles. The summed E-state index contributed by atoms with van der Waals surface area (Å²) in [6.45, 7) is 8.47. The molecule has 0 saturated carbocycles. The molecule has 6 heteroatoms. The number of amides is 1. The van der Waals surface area contributed by atoms with Crippen molar-refractivity contribution in [2.75, 3.05) is 6.54 Å². The largest absolute Gasteiger partial charge is 0.325 e. The van der Waals surface area contributed by atoms with E-state index < -0.39 is 5.54 Å². The summed E-state index contributed by atoms with van der Waals surface area (Å²) >= 11 is 0. The fourth-order valence-corrected chi connectivity index (χ4v) is 3.13. The first-order chi connectivity index (χ1) is 10.9. The first kappa shape index (κ1) is 15.5. The second-order valence-corrected chi connectivity index (χ2v) is 6.35. The summed E-state index contributed by atoms with van der Waals surface area (Å²) in [4.78, 5) is 32.3. The number of carbonyl (C=O) groups excluding carboxylic acids is 1. The van der Waals surface area contributed by atoms with E-state index in [9.17, 15) is 4.79 Å². The number of hydrogen-bond acceptors (Lipinski definition) is 5. The Morgan fingerprint density at radius 2 is 1.78 bits per heavy atom. The number of aryl methyl sites for hydroxylation is 3. The van der Waals surface area contributed by atoms with E-state index in [-0.39, 0.29) is 5.91 Å². The lowest BCUT2D eigenvalue weighted by Gasteiger charge is -2.34. The maximum atomic E-state index is 12.9. The number of nitrogens with zero attached hydrogens (tertiary/aromatic N) is 5. The van der Waals surface area contributed by atoms with E-state index in [4.69, 9.17) is 0 Å². The molecule has 0 radical (unpaired) electrons. The number of rotatable bonds is 2. The summed E-state index contributed by atoms with van der Waals surface area (Å²) in [6, 6.07) is 1.94. The van der Waals surface area contributed by atoms with Crippen LogP contribution in [0.1, 0.15) is 53.2 Å². The predicted octanol–water partition coefficient (Wildman–Crippen LogP) is 2.34. The van der Waals surface area contributed by atoms with Gasteiger partial charge in [-0.25, -0.2) is 15.0 Å². The molecule has 0 spiro atoms. The molecule has 2 aromatic heterocycles. The molecule has 1 fully saturated rings. The van der Waals surface area contributed by atoms with E-state index in [1.165, 1.54) is 0 Å². The molecular formula is C17H21N5O. The molecule has 1 aliphatic rings. The van der Waals surface area contributed by atoms with Crippen LogP contribution < -0.4 is 0 Å². The van der Waals surface area contributed by atoms with Crippen LogP contribution in [0, 0.1) is 20.8 Å². The van der Waals surface area contributed by atoms with Crippen LogP contribution in [0.5, 0.6) is 0 Å². The minimum absolute atomic E-state index is 0.111. The smallest absolute Gasteiger partial charge is 0.274 e. The Labute approximate surface area is 136 Å². The van der Waals surface area contributed by atoms with Crippen molar-refractivity contribution in [3.05, 3.63) is 47.1 Å². The Kier molecular flexibility index (Phi) is 3.83. The molecule has 3 heterocycles. The van der Waals surface area contributed by atoms with Gasteiger partial charge in [0.1, 0.15) is 11.2 Å². The van der Waals surface area contributed by atoms with Crippen LogP contribution in [-0.2, 0) is 5.54 Å². The summed E-state index contributed by atoms with van der Waals surface area (Å²) < 4.78 is 0. The Balaban J connectivity index is 1.98. The van der Waals surface area contributed by atoms with Crippen LogP contribution in [-0.4, -0.2) is 37.3 Å². The van der Waals surface area contributed by atoms with Crippen molar-refractivity contribution in [1.29, 1.82) is 0 Å². The summed E-state index contributed by atoms with van der Waals surface area (Å²) in [5.74, 6) is 0.598. The lowest BCUT2D eigenvalue weighted by Crippen LogP contribution is -2.44. The molecule has 3 rings (SSSR count). The highest BCUT2D eigenvalue weighted by Gasteiger charge is 2.44. The molecule has 0 N–H and O–H groups in total. The zero-order valence-electron chi connectivity index (χ0n) is 14.0. The third-order valence-corrected chi connectivity index (χ3v) is 4.35. The van der Waals surface area contributed by atoms with Crippen LogP contribution >= 0.6 is 0 Å². The Hall–Kier alpha value is -2.37. The van der Waals surface area contributed by atoms with Gasteiger partial charge in [-0.1, -0.05) is 0 Å². The van der Waals surface area contributed by atoms with Crippen molar-refractivity contribution in [3.8, 4) is 0 Å². The van der Waals surface area contributed by atoms with Crippen molar-refractivity contribution >= 4 is 5.91 Å². The van der Waals surface area contributed by atoms with Crippen molar-refractivity contribution in [3.63, 3.8) is 0 Å². The number of aromatic nitrogens is 4. The number of likely N-dealkylation sites (tertiary alicyclic amines) is 1. The topological polar surface area (TPSA) is 71.9 Å². The summed E-state index contributed by atoms with van der Waals surface area (Å²) in [7, 11) is 0. The van der Waals surface area contributed by atoms with E-state index in [2.05, 4.69) is 19.9 Å². The summed E-state index contributed by atoms with van der Waals surface area (Å²) in [6.07, 6.45) is 4.94. The van der Waals surface area contributed by atoms with E-state index in [1.54, 1.807) is 12.4 Å². The van der Waals surface area contributed by atoms with Gasteiger partial charge in [-0.2, -0.15) is 0 Å². The van der Waals surface area contributed by atoms with Crippen molar-refractivity contribution in [2.24, 2.45) is 0 Å². The summed E-state index contributed by atoms with van der Waals surface area (Å²) in [5.41, 5.74) is 2.50. The third kappa shape index (κ3) is 2.81. The predicted molar refractivity (Wildman–Crippen MR) is 85.9 cm³/mol. The fourth-order valence-electron chi connectivity index (χ4n) is 3.13. The normalized spacial score (nSPS) is 20.8. The molecule has 1 atom stereocenters. The maximum absolute atomic E-state index is 12.9. The van der Waals surface area contributed by atoms with Crippen molar-refractivity contribution in [2.45, 2.75) is 46.1 Å². The van der Waals surface area contributed by atoms with Gasteiger partial charge >= 0.3 is 0 Å². The molecule has 6 nitrogen and oxygen atoms in total. The average Bonchev–Trinajstić information content (AvgIpc) is 2.89. The fraction of sp³-hybridized carbons (Fsp3) is 0.471. The van der Waals surface area contributed by atoms with E-state index >= 15 is 0 Å². The van der Waals surface area contributed by atoms with Crippen molar-refractivity contribution < 1.29 is 4.79 Å². The highest BCUT2D eigenvalue weighted by atomic mass is 16.2. The van der Waals surface area contributed by atoms with Crippen LogP contribution in [0.2, 0.25) is 0 Å². The Morgan fingerprint density at radius 3 is 2.39 bits per heavy atom. The van der Waals surface area contributed by atoms with E-state index in [0.717, 1.165) is 29.9 Å². The molecule has 0 aliphatic carbocycles. The van der Waals surface area contributed by atoms with Gasteiger partial charge in [-0.05, 0) is 46.6 Å². The van der Waals surface area contributed by atoms with Gasteiger partial charge in [0.2, 0.25) is 0 Å².